The lowest BCUT2D eigenvalue weighted by Gasteiger charge is -2.04. The fraction of sp³-hybridized carbons (Fsp3) is 0.250. The van der Waals surface area contributed by atoms with Crippen LogP contribution in [0.15, 0.2) is 12.1 Å². The number of phenolic OH excluding ortho intramolecular Hbond substituents is 1. The van der Waals surface area contributed by atoms with Crippen LogP contribution >= 0.6 is 9.24 Å². The minimum absolute atomic E-state index is 0.394. The third kappa shape index (κ3) is 1.15. The molecule has 0 aliphatic heterocycles. The van der Waals surface area contributed by atoms with Gasteiger partial charge in [-0.05, 0) is 25.0 Å². The van der Waals surface area contributed by atoms with Crippen LogP contribution in [0.5, 0.6) is 5.75 Å². The minimum atomic E-state index is 0.394. The molecule has 1 nitrogen and oxygen atoms in total. The molecule has 0 saturated heterocycles. The van der Waals surface area contributed by atoms with E-state index in [4.69, 9.17) is 0 Å². The van der Waals surface area contributed by atoms with E-state index >= 15 is 0 Å². The van der Waals surface area contributed by atoms with E-state index in [2.05, 4.69) is 9.24 Å². The standard InChI is InChI=1S/C8H11OP/c1-5-3-4-7(10)8(9)6(5)2/h3-4,9H,10H2,1-2H3. The summed E-state index contributed by atoms with van der Waals surface area (Å²) >= 11 is 0. The van der Waals surface area contributed by atoms with Gasteiger partial charge in [0.25, 0.3) is 0 Å². The molecule has 54 valence electrons. The average Bonchev–Trinajstić information content (AvgIpc) is 1.93. The molecule has 10 heavy (non-hydrogen) atoms. The molecule has 0 radical (unpaired) electrons. The maximum Gasteiger partial charge on any atom is 0.125 e. The van der Waals surface area contributed by atoms with Crippen molar-refractivity contribution in [3.63, 3.8) is 0 Å². The van der Waals surface area contributed by atoms with Gasteiger partial charge in [-0.2, -0.15) is 0 Å². The minimum Gasteiger partial charge on any atom is -0.507 e. The van der Waals surface area contributed by atoms with Crippen molar-refractivity contribution in [3.05, 3.63) is 23.3 Å². The zero-order valence-corrected chi connectivity index (χ0v) is 7.33. The molecule has 1 aromatic carbocycles. The fourth-order valence-electron chi connectivity index (χ4n) is 0.822. The van der Waals surface area contributed by atoms with Crippen LogP contribution < -0.4 is 5.30 Å². The molecule has 0 bridgehead atoms. The molecule has 1 rings (SSSR count). The molecule has 0 aliphatic rings. The van der Waals surface area contributed by atoms with E-state index in [1.807, 2.05) is 26.0 Å². The second kappa shape index (κ2) is 2.59. The lowest BCUT2D eigenvalue weighted by Crippen LogP contribution is -1.94. The van der Waals surface area contributed by atoms with Gasteiger partial charge in [0.2, 0.25) is 0 Å². The lowest BCUT2D eigenvalue weighted by molar-refractivity contribution is 0.475. The number of aryl methyl sites for hydroxylation is 1. The Morgan fingerprint density at radius 1 is 1.30 bits per heavy atom. The molecule has 2 heteroatoms. The zero-order valence-electron chi connectivity index (χ0n) is 6.18. The first-order valence-electron chi connectivity index (χ1n) is 3.17. The maximum atomic E-state index is 9.37. The van der Waals surface area contributed by atoms with Crippen LogP contribution in [0.25, 0.3) is 0 Å². The van der Waals surface area contributed by atoms with Gasteiger partial charge in [0, 0.05) is 5.30 Å². The highest BCUT2D eigenvalue weighted by molar-refractivity contribution is 7.27. The molecule has 0 heterocycles. The van der Waals surface area contributed by atoms with Crippen LogP contribution in [-0.4, -0.2) is 5.11 Å². The highest BCUT2D eigenvalue weighted by atomic mass is 31.0. The Balaban J connectivity index is 3.34. The van der Waals surface area contributed by atoms with E-state index < -0.39 is 0 Å². The van der Waals surface area contributed by atoms with Crippen molar-refractivity contribution in [1.82, 2.24) is 0 Å². The average molecular weight is 154 g/mol. The Hall–Kier alpha value is -0.550. The fourth-order valence-corrected chi connectivity index (χ4v) is 1.13. The van der Waals surface area contributed by atoms with E-state index in [9.17, 15) is 5.11 Å². The molecule has 1 N–H and O–H groups in total. The van der Waals surface area contributed by atoms with Gasteiger partial charge in [0.05, 0.1) is 0 Å². The summed E-state index contributed by atoms with van der Waals surface area (Å²) in [5.74, 6) is 0.394. The van der Waals surface area contributed by atoms with Crippen molar-refractivity contribution in [2.75, 3.05) is 0 Å². The molecular formula is C8H11OP. The summed E-state index contributed by atoms with van der Waals surface area (Å²) in [7, 11) is 2.49. The van der Waals surface area contributed by atoms with E-state index in [1.165, 1.54) is 0 Å². The van der Waals surface area contributed by atoms with Crippen LogP contribution in [0.3, 0.4) is 0 Å². The highest BCUT2D eigenvalue weighted by Crippen LogP contribution is 2.18. The van der Waals surface area contributed by atoms with Crippen molar-refractivity contribution in [3.8, 4) is 5.75 Å². The van der Waals surface area contributed by atoms with E-state index in [1.54, 1.807) is 0 Å². The lowest BCUT2D eigenvalue weighted by atomic mass is 10.1. The van der Waals surface area contributed by atoms with Crippen molar-refractivity contribution in [1.29, 1.82) is 0 Å². The van der Waals surface area contributed by atoms with Crippen molar-refractivity contribution < 1.29 is 5.11 Å². The third-order valence-corrected chi connectivity index (χ3v) is 2.20. The SMILES string of the molecule is Cc1ccc(P)c(O)c1C. The first-order valence-corrected chi connectivity index (χ1v) is 3.75. The van der Waals surface area contributed by atoms with Crippen molar-refractivity contribution in [2.45, 2.75) is 13.8 Å². The van der Waals surface area contributed by atoms with Gasteiger partial charge in [-0.15, -0.1) is 9.24 Å². The molecular weight excluding hydrogens is 143 g/mol. The summed E-state index contributed by atoms with van der Waals surface area (Å²) in [6.45, 7) is 3.90. The number of hydrogen-bond donors (Lipinski definition) is 1. The molecule has 0 aliphatic carbocycles. The Bertz CT molecular complexity index is 229. The number of rotatable bonds is 0. The number of benzene rings is 1. The highest BCUT2D eigenvalue weighted by Gasteiger charge is 2.00. The topological polar surface area (TPSA) is 20.2 Å². The van der Waals surface area contributed by atoms with Crippen LogP contribution in [0, 0.1) is 13.8 Å². The normalized spacial score (nSPS) is 9.90. The molecule has 0 spiro atoms. The van der Waals surface area contributed by atoms with Gasteiger partial charge < -0.3 is 5.11 Å². The van der Waals surface area contributed by atoms with Gasteiger partial charge in [0.15, 0.2) is 0 Å². The van der Waals surface area contributed by atoms with Crippen LogP contribution in [-0.2, 0) is 0 Å². The van der Waals surface area contributed by atoms with Crippen LogP contribution in [0.2, 0.25) is 0 Å². The number of aromatic hydroxyl groups is 1. The predicted octanol–water partition coefficient (Wildman–Crippen LogP) is 1.51. The van der Waals surface area contributed by atoms with Gasteiger partial charge in [-0.1, -0.05) is 12.1 Å². The summed E-state index contributed by atoms with van der Waals surface area (Å²) in [5.41, 5.74) is 2.09. The molecule has 0 aromatic heterocycles. The molecule has 1 unspecified atom stereocenters. The summed E-state index contributed by atoms with van der Waals surface area (Å²) < 4.78 is 0. The Morgan fingerprint density at radius 3 is 2.40 bits per heavy atom. The summed E-state index contributed by atoms with van der Waals surface area (Å²) in [5, 5.41) is 10.2. The van der Waals surface area contributed by atoms with Crippen LogP contribution in [0.1, 0.15) is 11.1 Å². The summed E-state index contributed by atoms with van der Waals surface area (Å²) in [4.78, 5) is 0. The largest absolute Gasteiger partial charge is 0.507 e. The first-order chi connectivity index (χ1) is 4.63. The number of phenols is 1. The summed E-state index contributed by atoms with van der Waals surface area (Å²) in [6, 6.07) is 3.89. The van der Waals surface area contributed by atoms with Gasteiger partial charge in [-0.3, -0.25) is 0 Å². The quantitative estimate of drug-likeness (QED) is 0.561. The number of hydrogen-bond acceptors (Lipinski definition) is 1. The van der Waals surface area contributed by atoms with Gasteiger partial charge >= 0.3 is 0 Å². The smallest absolute Gasteiger partial charge is 0.125 e. The van der Waals surface area contributed by atoms with E-state index in [0.717, 1.165) is 16.4 Å². The first kappa shape index (κ1) is 7.56. The molecule has 1 atom stereocenters. The zero-order chi connectivity index (χ0) is 7.72. The van der Waals surface area contributed by atoms with E-state index in [0.29, 0.717) is 5.75 Å². The molecule has 0 saturated carbocycles. The van der Waals surface area contributed by atoms with Crippen molar-refractivity contribution >= 4 is 14.5 Å². The second-order valence-corrected chi connectivity index (χ2v) is 3.07. The second-order valence-electron chi connectivity index (χ2n) is 2.45. The van der Waals surface area contributed by atoms with Crippen molar-refractivity contribution in [2.24, 2.45) is 0 Å². The predicted molar refractivity (Wildman–Crippen MR) is 46.9 cm³/mol. The maximum absolute atomic E-state index is 9.37. The summed E-state index contributed by atoms with van der Waals surface area (Å²) in [6.07, 6.45) is 0. The van der Waals surface area contributed by atoms with Gasteiger partial charge in [-0.25, -0.2) is 0 Å². The molecule has 0 amide bonds. The Labute approximate surface area is 63.3 Å². The molecule has 0 fully saturated rings. The Kier molecular flexibility index (Phi) is 1.96. The molecule has 1 aromatic rings. The third-order valence-electron chi connectivity index (χ3n) is 1.73. The van der Waals surface area contributed by atoms with E-state index in [-0.39, 0.29) is 0 Å². The van der Waals surface area contributed by atoms with Crippen LogP contribution in [0.4, 0.5) is 0 Å². The Morgan fingerprint density at radius 2 is 1.90 bits per heavy atom. The monoisotopic (exact) mass is 154 g/mol. The van der Waals surface area contributed by atoms with Gasteiger partial charge in [0.1, 0.15) is 5.75 Å².